The van der Waals surface area contributed by atoms with Crippen molar-refractivity contribution in [2.75, 3.05) is 23.8 Å². The predicted octanol–water partition coefficient (Wildman–Crippen LogP) is 2.97. The summed E-state index contributed by atoms with van der Waals surface area (Å²) in [6.07, 6.45) is 1.42. The SMILES string of the molecule is C[C@]12C=CC(=O)C=C1CC[C@H]1[C@@H]3C[C@H]4O[C@@H](c5coc(Cc6ccc(NC(=O)[C@H](CCC(=O)O)NC(=O)CNC(=O)CBr)c(CO)c6)c5)O[C@@]4(C(=O)COP(=O)(O)O)[C@@]3(C)C[C@H](O)[C@@]12F. The van der Waals surface area contributed by atoms with E-state index in [1.165, 1.54) is 30.6 Å². The summed E-state index contributed by atoms with van der Waals surface area (Å²) in [4.78, 5) is 94.3. The lowest BCUT2D eigenvalue weighted by atomic mass is 9.44. The average Bonchev–Trinajstić information content (AvgIpc) is 3.94. The van der Waals surface area contributed by atoms with Crippen molar-refractivity contribution in [1.29, 1.82) is 0 Å². The third-order valence-electron chi connectivity index (χ3n) is 13.9. The van der Waals surface area contributed by atoms with E-state index in [1.54, 1.807) is 32.0 Å². The highest BCUT2D eigenvalue weighted by atomic mass is 79.9. The van der Waals surface area contributed by atoms with Gasteiger partial charge in [0.15, 0.2) is 29.1 Å². The molecule has 0 radical (unpaired) electrons. The minimum atomic E-state index is -5.14. The molecule has 8 N–H and O–H groups in total. The van der Waals surface area contributed by atoms with E-state index in [-0.39, 0.29) is 54.5 Å². The Kier molecular flexibility index (Phi) is 13.7. The third-order valence-corrected chi connectivity index (χ3v) is 14.9. The second-order valence-corrected chi connectivity index (χ2v) is 19.4. The van der Waals surface area contributed by atoms with Gasteiger partial charge in [0.05, 0.1) is 37.0 Å². The van der Waals surface area contributed by atoms with Gasteiger partial charge < -0.3 is 54.9 Å². The quantitative estimate of drug-likeness (QED) is 0.0835. The van der Waals surface area contributed by atoms with Gasteiger partial charge >= 0.3 is 13.8 Å². The summed E-state index contributed by atoms with van der Waals surface area (Å²) in [7, 11) is -5.14. The number of aliphatic hydroxyl groups is 2. The molecule has 0 spiro atoms. The number of ether oxygens (including phenoxy) is 2. The molecule has 7 rings (SSSR count). The van der Waals surface area contributed by atoms with Crippen LogP contribution in [0, 0.1) is 22.7 Å². The number of aliphatic hydroxyl groups excluding tert-OH is 2. The normalized spacial score (nSPS) is 31.7. The van der Waals surface area contributed by atoms with Gasteiger partial charge in [-0.05, 0) is 74.8 Å². The van der Waals surface area contributed by atoms with Gasteiger partial charge in [-0.2, -0.15) is 0 Å². The number of phosphoric acid groups is 1. The molecule has 0 bridgehead atoms. The molecule has 22 heteroatoms. The van der Waals surface area contributed by atoms with Crippen molar-refractivity contribution in [1.82, 2.24) is 10.6 Å². The van der Waals surface area contributed by atoms with Crippen LogP contribution >= 0.6 is 23.8 Å². The summed E-state index contributed by atoms with van der Waals surface area (Å²) < 4.78 is 53.3. The summed E-state index contributed by atoms with van der Waals surface area (Å²) in [5, 5.41) is 38.7. The zero-order valence-electron chi connectivity index (χ0n) is 35.3. The van der Waals surface area contributed by atoms with E-state index in [2.05, 4.69) is 31.9 Å². The topological polar surface area (TPSA) is 298 Å². The van der Waals surface area contributed by atoms with E-state index in [1.807, 2.05) is 0 Å². The molecule has 19 nitrogen and oxygen atoms in total. The van der Waals surface area contributed by atoms with E-state index in [4.69, 9.17) is 18.4 Å². The number of carboxylic acid groups (broad SMARTS) is 1. The monoisotopic (exact) mass is 993 g/mol. The number of furan rings is 1. The van der Waals surface area contributed by atoms with Crippen LogP contribution in [0.1, 0.15) is 81.1 Å². The molecular formula is C43H50BrFN3O16P. The number of halogens is 2. The van der Waals surface area contributed by atoms with Crippen LogP contribution in [0.25, 0.3) is 0 Å². The van der Waals surface area contributed by atoms with Crippen LogP contribution < -0.4 is 16.0 Å². The van der Waals surface area contributed by atoms with Crippen molar-refractivity contribution in [3.8, 4) is 0 Å². The second kappa shape index (κ2) is 18.3. The largest absolute Gasteiger partial charge is 0.481 e. The molecule has 65 heavy (non-hydrogen) atoms. The maximum Gasteiger partial charge on any atom is 0.470 e. The van der Waals surface area contributed by atoms with Crippen LogP contribution in [0.4, 0.5) is 10.1 Å². The number of ketones is 2. The van der Waals surface area contributed by atoms with E-state index < -0.39 is 122 Å². The Morgan fingerprint density at radius 3 is 2.55 bits per heavy atom. The highest BCUT2D eigenvalue weighted by molar-refractivity contribution is 9.09. The Morgan fingerprint density at radius 2 is 1.86 bits per heavy atom. The van der Waals surface area contributed by atoms with Crippen LogP contribution in [-0.4, -0.2) is 108 Å². The average molecular weight is 995 g/mol. The van der Waals surface area contributed by atoms with Gasteiger partial charge in [-0.1, -0.05) is 46.6 Å². The van der Waals surface area contributed by atoms with Gasteiger partial charge in [0, 0.05) is 46.4 Å². The number of hydrogen-bond acceptors (Lipinski definition) is 13. The number of Topliss-reactive ketones (excluding diaryl/α,β-unsaturated/α-hetero) is 1. The molecule has 5 aliphatic rings. The molecule has 0 unspecified atom stereocenters. The highest BCUT2D eigenvalue weighted by Gasteiger charge is 2.79. The van der Waals surface area contributed by atoms with Crippen molar-refractivity contribution in [3.63, 3.8) is 0 Å². The summed E-state index contributed by atoms with van der Waals surface area (Å²) in [6, 6.07) is 5.03. The first-order chi connectivity index (χ1) is 30.6. The molecule has 4 aliphatic carbocycles. The van der Waals surface area contributed by atoms with Crippen LogP contribution in [0.15, 0.2) is 58.7 Å². The van der Waals surface area contributed by atoms with Gasteiger partial charge in [-0.25, -0.2) is 8.96 Å². The zero-order valence-corrected chi connectivity index (χ0v) is 37.8. The van der Waals surface area contributed by atoms with Crippen LogP contribution in [0.2, 0.25) is 0 Å². The number of amides is 3. The van der Waals surface area contributed by atoms with Crippen LogP contribution in [-0.2, 0) is 60.4 Å². The fraction of sp³-hybridized carbons (Fsp3) is 0.535. The Morgan fingerprint density at radius 1 is 1.11 bits per heavy atom. The molecule has 1 aromatic carbocycles. The molecule has 2 heterocycles. The van der Waals surface area contributed by atoms with Crippen molar-refractivity contribution >= 4 is 64.7 Å². The molecule has 4 fully saturated rings. The molecule has 1 aliphatic heterocycles. The lowest BCUT2D eigenvalue weighted by Gasteiger charge is -2.62. The number of alkyl halides is 2. The standard InChI is InChI=1S/C43H50BrFN3O16P/c1-40-10-9-26(50)14-25(40)4-5-28-29-15-34-43(33(52)21-62-65(58,59)60,41(29,2)16-32(51)42(28,40)45)64-39(63-34)24-13-27(61-20-24)12-22-3-6-30(23(11-22)19-49)48-38(57)31(7-8-37(55)56)47-36(54)18-46-35(53)17-44/h3,6,9-11,13-14,20,28-29,31-32,34,39,49,51H,4-5,7-8,12,15-19,21H2,1-2H3,(H,46,53)(H,47,54)(H,48,57)(H,55,56)(H2,58,59,60)/t28-,29-,31-,32-,34+,39+,40-,41-,42-,43+/m0/s1. The minimum Gasteiger partial charge on any atom is -0.481 e. The maximum absolute atomic E-state index is 17.9. The number of allylic oxidation sites excluding steroid dienone is 4. The number of phosphoric ester groups is 1. The van der Waals surface area contributed by atoms with E-state index in [9.17, 15) is 58.4 Å². The number of rotatable bonds is 17. The number of nitrogens with one attached hydrogen (secondary N) is 3. The maximum atomic E-state index is 17.9. The fourth-order valence-corrected chi connectivity index (χ4v) is 11.4. The first kappa shape index (κ1) is 48.5. The molecule has 10 atom stereocenters. The first-order valence-electron chi connectivity index (χ1n) is 20.9. The van der Waals surface area contributed by atoms with Gasteiger partial charge in [-0.3, -0.25) is 33.3 Å². The lowest BCUT2D eigenvalue weighted by molar-refractivity contribution is -0.231. The summed E-state index contributed by atoms with van der Waals surface area (Å²) in [5.41, 5.74) is -4.88. The van der Waals surface area contributed by atoms with Crippen LogP contribution in [0.5, 0.6) is 0 Å². The molecule has 1 saturated heterocycles. The Labute approximate surface area is 379 Å². The number of carbonyl (C=O) groups is 6. The molecule has 3 saturated carbocycles. The number of benzene rings is 1. The first-order valence-corrected chi connectivity index (χ1v) is 23.6. The third kappa shape index (κ3) is 8.94. The number of fused-ring (bicyclic) bond motifs is 7. The van der Waals surface area contributed by atoms with Crippen molar-refractivity contribution < 1.29 is 81.2 Å². The van der Waals surface area contributed by atoms with Crippen molar-refractivity contribution in [2.24, 2.45) is 22.7 Å². The summed E-state index contributed by atoms with van der Waals surface area (Å²) >= 11 is 2.96. The lowest BCUT2D eigenvalue weighted by Crippen LogP contribution is -2.69. The van der Waals surface area contributed by atoms with Gasteiger partial charge in [0.2, 0.25) is 17.7 Å². The van der Waals surface area contributed by atoms with Gasteiger partial charge in [-0.15, -0.1) is 0 Å². The molecule has 352 valence electrons. The smallest absolute Gasteiger partial charge is 0.470 e. The number of anilines is 1. The zero-order chi connectivity index (χ0) is 47.3. The van der Waals surface area contributed by atoms with E-state index >= 15 is 4.39 Å². The number of aliphatic carboxylic acids is 1. The Hall–Kier alpha value is -4.44. The minimum absolute atomic E-state index is 0.0557. The predicted molar refractivity (Wildman–Crippen MR) is 226 cm³/mol. The number of carbonyl (C=O) groups excluding carboxylic acids is 5. The summed E-state index contributed by atoms with van der Waals surface area (Å²) in [5.74, 6) is -5.37. The van der Waals surface area contributed by atoms with E-state index in [0.717, 1.165) is 0 Å². The number of carboxylic acids is 1. The molecular weight excluding hydrogens is 944 g/mol. The molecule has 2 aromatic rings. The van der Waals surface area contributed by atoms with Crippen molar-refractivity contribution in [3.05, 3.63) is 76.8 Å². The van der Waals surface area contributed by atoms with Gasteiger partial charge in [0.1, 0.15) is 18.4 Å². The summed E-state index contributed by atoms with van der Waals surface area (Å²) in [6.45, 7) is 1.31. The fourth-order valence-electron chi connectivity index (χ4n) is 10.9. The Balaban J connectivity index is 1.09. The molecule has 1 aromatic heterocycles. The Bertz CT molecular complexity index is 2390. The second-order valence-electron chi connectivity index (χ2n) is 17.6. The van der Waals surface area contributed by atoms with Crippen molar-refractivity contribution in [2.45, 2.75) is 101 Å². The van der Waals surface area contributed by atoms with Gasteiger partial charge in [0.25, 0.3) is 0 Å². The molecule has 3 amide bonds. The highest BCUT2D eigenvalue weighted by Crippen LogP contribution is 2.72. The number of hydrogen-bond donors (Lipinski definition) is 8. The van der Waals surface area contributed by atoms with Crippen LogP contribution in [0.3, 0.4) is 0 Å². The van der Waals surface area contributed by atoms with E-state index in [0.29, 0.717) is 28.9 Å².